The lowest BCUT2D eigenvalue weighted by molar-refractivity contribution is 1.34. The van der Waals surface area contributed by atoms with E-state index < -0.39 is 0 Å². The third kappa shape index (κ3) is 0.786. The highest BCUT2D eigenvalue weighted by atomic mass is 14.9. The lowest BCUT2D eigenvalue weighted by atomic mass is 10.2. The average molecular weight is 142 g/mol. The van der Waals surface area contributed by atoms with Crippen LogP contribution in [0.2, 0.25) is 0 Å². The molecule has 1 aromatic heterocycles. The SMILES string of the molecule is C#Cc1cccc2nc[nH]c12. The number of nitrogens with zero attached hydrogens (tertiary/aromatic N) is 1. The van der Waals surface area contributed by atoms with Crippen LogP contribution in [-0.4, -0.2) is 9.97 Å². The molecular weight excluding hydrogens is 136 g/mol. The standard InChI is InChI=1S/C9H6N2/c1-2-7-4-3-5-8-9(7)11-6-10-8/h1,3-6H,(H,10,11). The second-order valence-corrected chi connectivity index (χ2v) is 2.25. The second-order valence-electron chi connectivity index (χ2n) is 2.25. The predicted octanol–water partition coefficient (Wildman–Crippen LogP) is 1.54. The number of benzene rings is 1. The fraction of sp³-hybridized carbons (Fsp3) is 0. The summed E-state index contributed by atoms with van der Waals surface area (Å²) in [4.78, 5) is 7.06. The minimum Gasteiger partial charge on any atom is -0.344 e. The molecule has 1 heterocycles. The molecule has 2 aromatic rings. The van der Waals surface area contributed by atoms with E-state index in [9.17, 15) is 0 Å². The number of nitrogens with one attached hydrogen (secondary N) is 1. The Labute approximate surface area is 64.3 Å². The van der Waals surface area contributed by atoms with Crippen molar-refractivity contribution in [1.29, 1.82) is 0 Å². The van der Waals surface area contributed by atoms with E-state index in [4.69, 9.17) is 6.42 Å². The van der Waals surface area contributed by atoms with Gasteiger partial charge in [-0.3, -0.25) is 0 Å². The summed E-state index contributed by atoms with van der Waals surface area (Å²) in [5.41, 5.74) is 2.72. The topological polar surface area (TPSA) is 28.7 Å². The van der Waals surface area contributed by atoms with Gasteiger partial charge < -0.3 is 4.98 Å². The summed E-state index contributed by atoms with van der Waals surface area (Å²) in [7, 11) is 0. The molecule has 0 saturated heterocycles. The first-order valence-electron chi connectivity index (χ1n) is 3.30. The van der Waals surface area contributed by atoms with Crippen molar-refractivity contribution in [2.24, 2.45) is 0 Å². The third-order valence-corrected chi connectivity index (χ3v) is 1.61. The number of hydrogen-bond acceptors (Lipinski definition) is 1. The van der Waals surface area contributed by atoms with E-state index >= 15 is 0 Å². The van der Waals surface area contributed by atoms with Gasteiger partial charge in [0.25, 0.3) is 0 Å². The highest BCUT2D eigenvalue weighted by Gasteiger charge is 1.97. The van der Waals surface area contributed by atoms with Crippen LogP contribution in [0.25, 0.3) is 11.0 Å². The number of imidazole rings is 1. The van der Waals surface area contributed by atoms with Gasteiger partial charge in [-0.05, 0) is 12.1 Å². The molecule has 1 N–H and O–H groups in total. The number of para-hydroxylation sites is 1. The van der Waals surface area contributed by atoms with E-state index in [1.165, 1.54) is 0 Å². The van der Waals surface area contributed by atoms with Gasteiger partial charge in [-0.15, -0.1) is 6.42 Å². The van der Waals surface area contributed by atoms with Crippen molar-refractivity contribution < 1.29 is 0 Å². The van der Waals surface area contributed by atoms with Gasteiger partial charge in [0.1, 0.15) is 0 Å². The second kappa shape index (κ2) is 2.14. The van der Waals surface area contributed by atoms with E-state index in [0.717, 1.165) is 16.6 Å². The quantitative estimate of drug-likeness (QED) is 0.555. The number of H-pyrrole nitrogens is 1. The number of aromatic amines is 1. The molecule has 0 radical (unpaired) electrons. The molecule has 0 amide bonds. The number of hydrogen-bond donors (Lipinski definition) is 1. The summed E-state index contributed by atoms with van der Waals surface area (Å²) >= 11 is 0. The Morgan fingerprint density at radius 1 is 1.45 bits per heavy atom. The van der Waals surface area contributed by atoms with Crippen LogP contribution < -0.4 is 0 Å². The van der Waals surface area contributed by atoms with Gasteiger partial charge in [0.15, 0.2) is 0 Å². The maximum Gasteiger partial charge on any atom is 0.0932 e. The number of aromatic nitrogens is 2. The fourth-order valence-corrected chi connectivity index (χ4v) is 1.09. The Morgan fingerprint density at radius 2 is 2.36 bits per heavy atom. The molecule has 0 bridgehead atoms. The summed E-state index contributed by atoms with van der Waals surface area (Å²) < 4.78 is 0. The summed E-state index contributed by atoms with van der Waals surface area (Å²) in [6, 6.07) is 5.71. The van der Waals surface area contributed by atoms with E-state index in [1.807, 2.05) is 18.2 Å². The van der Waals surface area contributed by atoms with Crippen molar-refractivity contribution in [3.05, 3.63) is 30.1 Å². The van der Waals surface area contributed by atoms with Crippen LogP contribution in [0.5, 0.6) is 0 Å². The molecule has 0 aliphatic carbocycles. The summed E-state index contributed by atoms with van der Waals surface area (Å²) in [5, 5.41) is 0. The van der Waals surface area contributed by atoms with Crippen LogP contribution in [0.4, 0.5) is 0 Å². The lowest BCUT2D eigenvalue weighted by Crippen LogP contribution is -1.75. The minimum absolute atomic E-state index is 0.861. The van der Waals surface area contributed by atoms with Gasteiger partial charge in [-0.2, -0.15) is 0 Å². The van der Waals surface area contributed by atoms with Gasteiger partial charge in [-0.1, -0.05) is 12.0 Å². The van der Waals surface area contributed by atoms with Crippen LogP contribution in [0.3, 0.4) is 0 Å². The fourth-order valence-electron chi connectivity index (χ4n) is 1.09. The molecule has 1 aromatic carbocycles. The highest BCUT2D eigenvalue weighted by Crippen LogP contribution is 2.12. The van der Waals surface area contributed by atoms with Gasteiger partial charge >= 0.3 is 0 Å². The zero-order valence-corrected chi connectivity index (χ0v) is 5.83. The summed E-state index contributed by atoms with van der Waals surface area (Å²) in [6.45, 7) is 0. The van der Waals surface area contributed by atoms with Gasteiger partial charge in [0.2, 0.25) is 0 Å². The van der Waals surface area contributed by atoms with E-state index in [2.05, 4.69) is 15.9 Å². The molecule has 0 unspecified atom stereocenters. The van der Waals surface area contributed by atoms with Crippen molar-refractivity contribution >= 4 is 11.0 Å². The normalized spacial score (nSPS) is 9.73. The maximum absolute atomic E-state index is 5.28. The minimum atomic E-state index is 0.861. The van der Waals surface area contributed by atoms with Crippen molar-refractivity contribution in [3.8, 4) is 12.3 Å². The largest absolute Gasteiger partial charge is 0.344 e. The Kier molecular flexibility index (Phi) is 1.16. The van der Waals surface area contributed by atoms with E-state index in [-0.39, 0.29) is 0 Å². The van der Waals surface area contributed by atoms with Crippen molar-refractivity contribution in [2.45, 2.75) is 0 Å². The summed E-state index contributed by atoms with van der Waals surface area (Å²) in [5.74, 6) is 2.58. The molecule has 2 heteroatoms. The van der Waals surface area contributed by atoms with Crippen LogP contribution in [0.1, 0.15) is 5.56 Å². The van der Waals surface area contributed by atoms with Crippen LogP contribution >= 0.6 is 0 Å². The molecular formula is C9H6N2. The van der Waals surface area contributed by atoms with E-state index in [0.29, 0.717) is 0 Å². The molecule has 0 spiro atoms. The van der Waals surface area contributed by atoms with Crippen molar-refractivity contribution in [1.82, 2.24) is 9.97 Å². The first kappa shape index (κ1) is 5.99. The number of fused-ring (bicyclic) bond motifs is 1. The molecule has 0 saturated carbocycles. The predicted molar refractivity (Wildman–Crippen MR) is 44.0 cm³/mol. The van der Waals surface area contributed by atoms with Crippen LogP contribution in [0, 0.1) is 12.3 Å². The van der Waals surface area contributed by atoms with Gasteiger partial charge in [-0.25, -0.2) is 4.98 Å². The van der Waals surface area contributed by atoms with Gasteiger partial charge in [0, 0.05) is 5.56 Å². The monoisotopic (exact) mass is 142 g/mol. The molecule has 2 nitrogen and oxygen atoms in total. The average Bonchev–Trinajstić information content (AvgIpc) is 2.50. The molecule has 0 aliphatic rings. The van der Waals surface area contributed by atoms with Crippen LogP contribution in [0.15, 0.2) is 24.5 Å². The first-order valence-corrected chi connectivity index (χ1v) is 3.30. The van der Waals surface area contributed by atoms with Gasteiger partial charge in [0.05, 0.1) is 17.4 Å². The molecule has 52 valence electrons. The molecule has 0 aliphatic heterocycles. The summed E-state index contributed by atoms with van der Waals surface area (Å²) in [6.07, 6.45) is 6.92. The Balaban J connectivity index is 2.92. The maximum atomic E-state index is 5.28. The molecule has 2 rings (SSSR count). The molecule has 0 fully saturated rings. The smallest absolute Gasteiger partial charge is 0.0932 e. The van der Waals surface area contributed by atoms with Crippen LogP contribution in [-0.2, 0) is 0 Å². The Bertz CT molecular complexity index is 420. The zero-order valence-electron chi connectivity index (χ0n) is 5.83. The highest BCUT2D eigenvalue weighted by molar-refractivity contribution is 5.80. The van der Waals surface area contributed by atoms with Crippen molar-refractivity contribution in [3.63, 3.8) is 0 Å². The number of rotatable bonds is 0. The Hall–Kier alpha value is -1.75. The zero-order chi connectivity index (χ0) is 7.68. The van der Waals surface area contributed by atoms with E-state index in [1.54, 1.807) is 6.33 Å². The van der Waals surface area contributed by atoms with Crippen molar-refractivity contribution in [2.75, 3.05) is 0 Å². The molecule has 0 atom stereocenters. The molecule has 11 heavy (non-hydrogen) atoms. The number of terminal acetylenes is 1. The lowest BCUT2D eigenvalue weighted by Gasteiger charge is -1.90. The third-order valence-electron chi connectivity index (χ3n) is 1.61. The first-order chi connectivity index (χ1) is 5.42. The Morgan fingerprint density at radius 3 is 3.18 bits per heavy atom.